The number of benzene rings is 1. The summed E-state index contributed by atoms with van der Waals surface area (Å²) in [6.07, 6.45) is -0.936. The summed E-state index contributed by atoms with van der Waals surface area (Å²) in [4.78, 5) is 38.1. The van der Waals surface area contributed by atoms with Crippen LogP contribution in [0.3, 0.4) is 0 Å². The number of alkyl halides is 2. The van der Waals surface area contributed by atoms with Crippen molar-refractivity contribution in [3.63, 3.8) is 0 Å². The lowest BCUT2D eigenvalue weighted by Gasteiger charge is -2.18. The molecule has 0 spiro atoms. The summed E-state index contributed by atoms with van der Waals surface area (Å²) >= 11 is 0. The quantitative estimate of drug-likeness (QED) is 0.432. The maximum Gasteiger partial charge on any atom is 0.399 e. The van der Waals surface area contributed by atoms with Crippen molar-refractivity contribution in [3.8, 4) is 0 Å². The first-order valence-electron chi connectivity index (χ1n) is 5.42. The van der Waals surface area contributed by atoms with Crippen molar-refractivity contribution in [2.45, 2.75) is 18.7 Å². The Hall–Kier alpha value is -1.83. The Morgan fingerprint density at radius 1 is 1.24 bits per heavy atom. The van der Waals surface area contributed by atoms with Gasteiger partial charge in [0, 0.05) is 5.56 Å². The highest BCUT2D eigenvalue weighted by Gasteiger charge is 2.50. The highest BCUT2D eigenvalue weighted by molar-refractivity contribution is 7.52. The average Bonchev–Trinajstić information content (AvgIpc) is 2.34. The molecule has 0 aliphatic carbocycles. The number of aliphatic carboxylic acids is 1. The van der Waals surface area contributed by atoms with E-state index in [0.717, 1.165) is 24.3 Å². The van der Waals surface area contributed by atoms with Gasteiger partial charge in [0.15, 0.2) is 0 Å². The molecular formula is C11H10F2O7P-. The largest absolute Gasteiger partial charge is 0.550 e. The lowest BCUT2D eigenvalue weighted by atomic mass is 10.1. The SMILES string of the molecule is O=C([O-])CC(=O)OCc1ccc(C(F)(F)P(=O)(O)O)cc1. The Balaban J connectivity index is 2.73. The van der Waals surface area contributed by atoms with Crippen LogP contribution in [0.25, 0.3) is 0 Å². The molecule has 1 rings (SSSR count). The minimum atomic E-state index is -5.64. The molecule has 0 amide bonds. The van der Waals surface area contributed by atoms with Crippen molar-refractivity contribution < 1.29 is 42.6 Å². The van der Waals surface area contributed by atoms with E-state index in [1.807, 2.05) is 0 Å². The van der Waals surface area contributed by atoms with Gasteiger partial charge in [-0.15, -0.1) is 0 Å². The molecule has 0 saturated heterocycles. The second-order valence-corrected chi connectivity index (χ2v) is 5.64. The Bertz CT molecular complexity index is 579. The van der Waals surface area contributed by atoms with E-state index in [4.69, 9.17) is 9.79 Å². The van der Waals surface area contributed by atoms with Gasteiger partial charge in [-0.1, -0.05) is 24.3 Å². The van der Waals surface area contributed by atoms with Gasteiger partial charge in [-0.3, -0.25) is 9.36 Å². The molecule has 0 atom stereocenters. The van der Waals surface area contributed by atoms with Crippen LogP contribution in [0.4, 0.5) is 8.78 Å². The summed E-state index contributed by atoms with van der Waals surface area (Å²) in [5.41, 5.74) is -4.97. The van der Waals surface area contributed by atoms with Crippen LogP contribution in [0.1, 0.15) is 17.5 Å². The van der Waals surface area contributed by atoms with Gasteiger partial charge in [0.05, 0.1) is 12.4 Å². The molecule has 0 radical (unpaired) electrons. The fourth-order valence-corrected chi connectivity index (χ4v) is 1.79. The van der Waals surface area contributed by atoms with Crippen molar-refractivity contribution in [1.82, 2.24) is 0 Å². The van der Waals surface area contributed by atoms with Crippen molar-refractivity contribution in [2.24, 2.45) is 0 Å². The van der Waals surface area contributed by atoms with Crippen LogP contribution in [-0.4, -0.2) is 21.7 Å². The van der Waals surface area contributed by atoms with Gasteiger partial charge in [0.2, 0.25) is 0 Å². The summed E-state index contributed by atoms with van der Waals surface area (Å²) in [6, 6.07) is 3.71. The number of carbonyl (C=O) groups excluding carboxylic acids is 2. The number of hydrogen-bond acceptors (Lipinski definition) is 5. The van der Waals surface area contributed by atoms with E-state index in [1.54, 1.807) is 0 Å². The molecule has 1 aromatic rings. The second-order valence-electron chi connectivity index (χ2n) is 3.99. The number of carboxylic acids is 1. The summed E-state index contributed by atoms with van der Waals surface area (Å²) in [5, 5.41) is 10.1. The van der Waals surface area contributed by atoms with Crippen molar-refractivity contribution in [2.75, 3.05) is 0 Å². The number of carboxylic acid groups (broad SMARTS) is 1. The summed E-state index contributed by atoms with van der Waals surface area (Å²) in [5.74, 6) is -2.67. The monoisotopic (exact) mass is 323 g/mol. The van der Waals surface area contributed by atoms with E-state index < -0.39 is 37.2 Å². The lowest BCUT2D eigenvalue weighted by molar-refractivity contribution is -0.305. The zero-order valence-electron chi connectivity index (χ0n) is 10.4. The van der Waals surface area contributed by atoms with Crippen LogP contribution < -0.4 is 5.11 Å². The first-order chi connectivity index (χ1) is 9.54. The molecule has 2 N–H and O–H groups in total. The predicted molar refractivity (Wildman–Crippen MR) is 61.8 cm³/mol. The van der Waals surface area contributed by atoms with Gasteiger partial charge < -0.3 is 24.4 Å². The molecule has 0 bridgehead atoms. The van der Waals surface area contributed by atoms with E-state index in [0.29, 0.717) is 0 Å². The topological polar surface area (TPSA) is 124 Å². The zero-order valence-corrected chi connectivity index (χ0v) is 11.3. The number of carbonyl (C=O) groups is 2. The minimum Gasteiger partial charge on any atom is -0.550 e. The highest BCUT2D eigenvalue weighted by Crippen LogP contribution is 2.59. The summed E-state index contributed by atoms with van der Waals surface area (Å²) in [7, 11) is -5.64. The third-order valence-corrected chi connectivity index (χ3v) is 3.35. The second kappa shape index (κ2) is 6.30. The first kappa shape index (κ1) is 17.2. The van der Waals surface area contributed by atoms with Crippen molar-refractivity contribution in [3.05, 3.63) is 35.4 Å². The van der Waals surface area contributed by atoms with E-state index >= 15 is 0 Å². The van der Waals surface area contributed by atoms with Crippen LogP contribution in [0, 0.1) is 0 Å². The van der Waals surface area contributed by atoms with Gasteiger partial charge >= 0.3 is 19.2 Å². The van der Waals surface area contributed by atoms with Crippen LogP contribution in [0.15, 0.2) is 24.3 Å². The molecular weight excluding hydrogens is 313 g/mol. The molecule has 7 nitrogen and oxygen atoms in total. The van der Waals surface area contributed by atoms with Crippen molar-refractivity contribution >= 4 is 19.5 Å². The number of ether oxygens (including phenoxy) is 1. The smallest absolute Gasteiger partial charge is 0.399 e. The fraction of sp³-hybridized carbons (Fsp3) is 0.273. The van der Waals surface area contributed by atoms with Gasteiger partial charge in [-0.05, 0) is 5.56 Å². The van der Waals surface area contributed by atoms with E-state index in [1.165, 1.54) is 0 Å². The molecule has 0 unspecified atom stereocenters. The predicted octanol–water partition coefficient (Wildman–Crippen LogP) is 0.0968. The summed E-state index contributed by atoms with van der Waals surface area (Å²) < 4.78 is 41.9. The van der Waals surface area contributed by atoms with E-state index in [9.17, 15) is 28.0 Å². The molecule has 1 aromatic carbocycles. The van der Waals surface area contributed by atoms with E-state index in [2.05, 4.69) is 4.74 Å². The Morgan fingerprint density at radius 2 is 1.76 bits per heavy atom. The van der Waals surface area contributed by atoms with Gasteiger partial charge in [-0.25, -0.2) is 0 Å². The molecule has 116 valence electrons. The normalized spacial score (nSPS) is 12.0. The standard InChI is InChI=1S/C11H11F2O7P/c12-11(13,21(17,18)19)8-3-1-7(2-4-8)6-20-10(16)5-9(14)15/h1-4H,5-6H2,(H,14,15)(H2,17,18,19)/p-1. The Morgan fingerprint density at radius 3 is 2.19 bits per heavy atom. The molecule has 0 fully saturated rings. The third kappa shape index (κ3) is 4.59. The van der Waals surface area contributed by atoms with Gasteiger partial charge in [0.25, 0.3) is 0 Å². The van der Waals surface area contributed by atoms with Crippen LogP contribution in [-0.2, 0) is 31.2 Å². The average molecular weight is 323 g/mol. The number of hydrogen-bond donors (Lipinski definition) is 2. The molecule has 10 heteroatoms. The molecule has 0 aromatic heterocycles. The fourth-order valence-electron chi connectivity index (χ4n) is 1.30. The number of rotatable bonds is 6. The first-order valence-corrected chi connectivity index (χ1v) is 7.03. The van der Waals surface area contributed by atoms with Crippen LogP contribution in [0.2, 0.25) is 0 Å². The Labute approximate surface area is 117 Å². The maximum absolute atomic E-state index is 13.3. The molecule has 0 heterocycles. The van der Waals surface area contributed by atoms with Crippen LogP contribution in [0.5, 0.6) is 0 Å². The lowest BCUT2D eigenvalue weighted by Crippen LogP contribution is -2.26. The molecule has 0 aliphatic heterocycles. The number of halogens is 2. The van der Waals surface area contributed by atoms with Crippen LogP contribution >= 0.6 is 7.60 Å². The molecule has 21 heavy (non-hydrogen) atoms. The minimum absolute atomic E-state index is 0.243. The maximum atomic E-state index is 13.3. The zero-order chi connectivity index (χ0) is 16.3. The highest BCUT2D eigenvalue weighted by atomic mass is 31.2. The number of esters is 1. The van der Waals surface area contributed by atoms with Gasteiger partial charge in [0.1, 0.15) is 6.61 Å². The Kier molecular flexibility index (Phi) is 5.16. The molecule has 0 saturated carbocycles. The van der Waals surface area contributed by atoms with E-state index in [-0.39, 0.29) is 12.2 Å². The summed E-state index contributed by atoms with van der Waals surface area (Å²) in [6.45, 7) is -0.367. The van der Waals surface area contributed by atoms with Gasteiger partial charge in [-0.2, -0.15) is 8.78 Å². The third-order valence-electron chi connectivity index (χ3n) is 2.36. The molecule has 0 aliphatic rings. The van der Waals surface area contributed by atoms with Crippen molar-refractivity contribution in [1.29, 1.82) is 0 Å².